The zero-order valence-electron chi connectivity index (χ0n) is 12.8. The van der Waals surface area contributed by atoms with Crippen molar-refractivity contribution in [2.75, 3.05) is 13.1 Å². The lowest BCUT2D eigenvalue weighted by atomic mass is 10.0. The molecule has 2 rings (SSSR count). The summed E-state index contributed by atoms with van der Waals surface area (Å²) in [6.07, 6.45) is 2.79. The molecule has 0 radical (unpaired) electrons. The van der Waals surface area contributed by atoms with Crippen LogP contribution in [0.4, 0.5) is 0 Å². The summed E-state index contributed by atoms with van der Waals surface area (Å²) in [6.45, 7) is 7.57. The first-order valence-corrected chi connectivity index (χ1v) is 7.61. The maximum atomic E-state index is 12.5. The van der Waals surface area contributed by atoms with Gasteiger partial charge in [-0.3, -0.25) is 19.9 Å². The van der Waals surface area contributed by atoms with Crippen LogP contribution in [-0.4, -0.2) is 28.5 Å². The maximum Gasteiger partial charge on any atom is 0.270 e. The van der Waals surface area contributed by atoms with Crippen molar-refractivity contribution in [1.29, 1.82) is 0 Å². The Kier molecular flexibility index (Phi) is 5.14. The molecule has 1 amide bonds. The number of nitrogens with one attached hydrogen (secondary N) is 1. The van der Waals surface area contributed by atoms with Gasteiger partial charge in [0.1, 0.15) is 5.56 Å². The minimum atomic E-state index is -0.512. The Morgan fingerprint density at radius 3 is 2.81 bits per heavy atom. The van der Waals surface area contributed by atoms with Gasteiger partial charge in [0.05, 0.1) is 0 Å². The second-order valence-electron chi connectivity index (χ2n) is 5.43. The molecule has 0 aliphatic carbocycles. The monoisotopic (exact) mass is 292 g/mol. The standard InChI is InChI=1S/C15H24N4O2/c1-3-5-7-19-13-6-8-18(4-2)10-11(13)9-12(15(19)21)14(20)17-16/h9H,3-8,10,16H2,1-2H3,(H,17,20). The quantitative estimate of drug-likeness (QED) is 0.474. The van der Waals surface area contributed by atoms with E-state index in [-0.39, 0.29) is 11.1 Å². The fourth-order valence-corrected chi connectivity index (χ4v) is 2.84. The van der Waals surface area contributed by atoms with Crippen LogP contribution >= 0.6 is 0 Å². The molecule has 0 unspecified atom stereocenters. The Balaban J connectivity index is 2.51. The van der Waals surface area contributed by atoms with Crippen molar-refractivity contribution in [3.05, 3.63) is 33.2 Å². The first kappa shape index (κ1) is 15.7. The summed E-state index contributed by atoms with van der Waals surface area (Å²) in [6, 6.07) is 1.71. The van der Waals surface area contributed by atoms with Crippen LogP contribution in [0.5, 0.6) is 0 Å². The predicted molar refractivity (Wildman–Crippen MR) is 81.9 cm³/mol. The van der Waals surface area contributed by atoms with E-state index in [4.69, 9.17) is 5.84 Å². The number of aromatic nitrogens is 1. The van der Waals surface area contributed by atoms with Crippen molar-refractivity contribution < 1.29 is 4.79 Å². The minimum absolute atomic E-state index is 0.144. The molecule has 0 atom stereocenters. The number of pyridine rings is 1. The molecule has 0 aromatic carbocycles. The number of carbonyl (C=O) groups is 1. The molecule has 0 fully saturated rings. The minimum Gasteiger partial charge on any atom is -0.312 e. The van der Waals surface area contributed by atoms with Crippen molar-refractivity contribution in [3.8, 4) is 0 Å². The first-order chi connectivity index (χ1) is 10.1. The molecule has 0 spiro atoms. The van der Waals surface area contributed by atoms with Gasteiger partial charge in [0.25, 0.3) is 11.5 Å². The second kappa shape index (κ2) is 6.87. The van der Waals surface area contributed by atoms with Crippen molar-refractivity contribution in [2.24, 2.45) is 5.84 Å². The average Bonchev–Trinajstić information content (AvgIpc) is 2.52. The number of likely N-dealkylation sites (N-methyl/N-ethyl adjacent to an activating group) is 1. The van der Waals surface area contributed by atoms with Crippen LogP contribution in [0.2, 0.25) is 0 Å². The van der Waals surface area contributed by atoms with E-state index in [0.717, 1.165) is 50.2 Å². The van der Waals surface area contributed by atoms with Crippen molar-refractivity contribution >= 4 is 5.91 Å². The van der Waals surface area contributed by atoms with E-state index < -0.39 is 5.91 Å². The van der Waals surface area contributed by atoms with Crippen LogP contribution in [0.1, 0.15) is 48.3 Å². The normalized spacial score (nSPS) is 14.8. The third kappa shape index (κ3) is 3.16. The summed E-state index contributed by atoms with van der Waals surface area (Å²) < 4.78 is 1.77. The molecule has 1 aliphatic rings. The highest BCUT2D eigenvalue weighted by Crippen LogP contribution is 2.19. The van der Waals surface area contributed by atoms with E-state index in [1.165, 1.54) is 0 Å². The fraction of sp³-hybridized carbons (Fsp3) is 0.600. The zero-order valence-corrected chi connectivity index (χ0v) is 12.8. The van der Waals surface area contributed by atoms with Crippen LogP contribution in [0, 0.1) is 0 Å². The molecule has 2 heterocycles. The molecule has 6 heteroatoms. The number of rotatable bonds is 5. The third-order valence-electron chi connectivity index (χ3n) is 4.11. The number of nitrogen functional groups attached to an aromatic ring is 1. The Bertz CT molecular complexity index is 580. The lowest BCUT2D eigenvalue weighted by Crippen LogP contribution is -2.41. The molecule has 1 aromatic heterocycles. The van der Waals surface area contributed by atoms with Crippen molar-refractivity contribution in [3.63, 3.8) is 0 Å². The molecule has 0 saturated carbocycles. The number of fused-ring (bicyclic) bond motifs is 1. The van der Waals surface area contributed by atoms with Gasteiger partial charge < -0.3 is 4.57 Å². The van der Waals surface area contributed by atoms with Crippen LogP contribution in [0.15, 0.2) is 10.9 Å². The molecule has 1 aliphatic heterocycles. The summed E-state index contributed by atoms with van der Waals surface area (Å²) >= 11 is 0. The van der Waals surface area contributed by atoms with Gasteiger partial charge in [0.15, 0.2) is 0 Å². The zero-order chi connectivity index (χ0) is 15.4. The van der Waals surface area contributed by atoms with Crippen molar-refractivity contribution in [1.82, 2.24) is 14.9 Å². The maximum absolute atomic E-state index is 12.5. The van der Waals surface area contributed by atoms with E-state index in [9.17, 15) is 9.59 Å². The number of hydrazine groups is 1. The van der Waals surface area contributed by atoms with Crippen LogP contribution in [-0.2, 0) is 19.5 Å². The Morgan fingerprint density at radius 2 is 2.19 bits per heavy atom. The van der Waals surface area contributed by atoms with E-state index in [1.54, 1.807) is 10.6 Å². The Hall–Kier alpha value is -1.66. The predicted octanol–water partition coefficient (Wildman–Crippen LogP) is 0.630. The SMILES string of the molecule is CCCCn1c2c(cc(C(=O)NN)c1=O)CN(CC)CC2. The lowest BCUT2D eigenvalue weighted by Gasteiger charge is -2.30. The van der Waals surface area contributed by atoms with Crippen LogP contribution in [0.3, 0.4) is 0 Å². The van der Waals surface area contributed by atoms with Crippen LogP contribution < -0.4 is 16.8 Å². The molecule has 21 heavy (non-hydrogen) atoms. The summed E-state index contributed by atoms with van der Waals surface area (Å²) in [5.74, 6) is 4.68. The molecular formula is C15H24N4O2. The number of carbonyl (C=O) groups excluding carboxylic acids is 1. The highest BCUT2D eigenvalue weighted by molar-refractivity contribution is 5.93. The lowest BCUT2D eigenvalue weighted by molar-refractivity contribution is 0.0951. The Labute approximate surface area is 124 Å². The van der Waals surface area contributed by atoms with Gasteiger partial charge in [-0.15, -0.1) is 0 Å². The number of nitrogens with zero attached hydrogens (tertiary/aromatic N) is 2. The van der Waals surface area contributed by atoms with E-state index in [1.807, 2.05) is 0 Å². The summed E-state index contributed by atoms with van der Waals surface area (Å²) in [5, 5.41) is 0. The number of unbranched alkanes of at least 4 members (excludes halogenated alkanes) is 1. The van der Waals surface area contributed by atoms with Gasteiger partial charge in [-0.25, -0.2) is 5.84 Å². The largest absolute Gasteiger partial charge is 0.312 e. The topological polar surface area (TPSA) is 80.4 Å². The van der Waals surface area contributed by atoms with Gasteiger partial charge in [-0.2, -0.15) is 0 Å². The van der Waals surface area contributed by atoms with Crippen molar-refractivity contribution in [2.45, 2.75) is 46.2 Å². The molecular weight excluding hydrogens is 268 g/mol. The molecule has 3 N–H and O–H groups in total. The molecule has 6 nitrogen and oxygen atoms in total. The number of nitrogens with two attached hydrogens (primary N) is 1. The smallest absolute Gasteiger partial charge is 0.270 e. The number of hydrogen-bond acceptors (Lipinski definition) is 4. The fourth-order valence-electron chi connectivity index (χ4n) is 2.84. The highest BCUT2D eigenvalue weighted by Gasteiger charge is 2.23. The van der Waals surface area contributed by atoms with Gasteiger partial charge in [-0.05, 0) is 24.6 Å². The van der Waals surface area contributed by atoms with Gasteiger partial charge in [0.2, 0.25) is 0 Å². The third-order valence-corrected chi connectivity index (χ3v) is 4.11. The van der Waals surface area contributed by atoms with E-state index in [2.05, 4.69) is 24.2 Å². The Morgan fingerprint density at radius 1 is 1.43 bits per heavy atom. The molecule has 1 aromatic rings. The summed E-state index contributed by atoms with van der Waals surface area (Å²) in [7, 11) is 0. The number of amides is 1. The number of hydrogen-bond donors (Lipinski definition) is 2. The van der Waals surface area contributed by atoms with E-state index in [0.29, 0.717) is 6.54 Å². The first-order valence-electron chi connectivity index (χ1n) is 7.61. The molecule has 0 bridgehead atoms. The second-order valence-corrected chi connectivity index (χ2v) is 5.43. The van der Waals surface area contributed by atoms with Crippen LogP contribution in [0.25, 0.3) is 0 Å². The van der Waals surface area contributed by atoms with E-state index >= 15 is 0 Å². The summed E-state index contributed by atoms with van der Waals surface area (Å²) in [5.41, 5.74) is 4.13. The molecule has 116 valence electrons. The van der Waals surface area contributed by atoms with Gasteiger partial charge >= 0.3 is 0 Å². The highest BCUT2D eigenvalue weighted by atomic mass is 16.2. The van der Waals surface area contributed by atoms with Gasteiger partial charge in [0, 0.05) is 31.7 Å². The molecule has 0 saturated heterocycles. The average molecular weight is 292 g/mol. The summed E-state index contributed by atoms with van der Waals surface area (Å²) in [4.78, 5) is 26.7. The van der Waals surface area contributed by atoms with Gasteiger partial charge in [-0.1, -0.05) is 20.3 Å².